The second-order valence-corrected chi connectivity index (χ2v) is 7.05. The highest BCUT2D eigenvalue weighted by Gasteiger charge is 2.24. The van der Waals surface area contributed by atoms with Gasteiger partial charge in [0.25, 0.3) is 0 Å². The van der Waals surface area contributed by atoms with E-state index in [-0.39, 0.29) is 24.3 Å². The molecule has 1 atom stereocenters. The van der Waals surface area contributed by atoms with Gasteiger partial charge in [0.15, 0.2) is 5.13 Å². The van der Waals surface area contributed by atoms with Crippen molar-refractivity contribution in [1.82, 2.24) is 9.88 Å². The Bertz CT molecular complexity index is 533. The average Bonchev–Trinajstić information content (AvgIpc) is 2.99. The number of carbonyl (C=O) groups is 2. The number of nitrogens with zero attached hydrogens (tertiary/aromatic N) is 2. The zero-order valence-corrected chi connectivity index (χ0v) is 16.7. The van der Waals surface area contributed by atoms with Gasteiger partial charge >= 0.3 is 0 Å². The second kappa shape index (κ2) is 12.0. The molecule has 1 rings (SSSR count). The minimum atomic E-state index is -0.203. The van der Waals surface area contributed by atoms with Crippen molar-refractivity contribution in [3.8, 4) is 0 Å². The van der Waals surface area contributed by atoms with Gasteiger partial charge in [0.1, 0.15) is 0 Å². The Morgan fingerprint density at radius 1 is 1.36 bits per heavy atom. The molecule has 1 aromatic rings. The topological polar surface area (TPSA) is 71.5 Å². The predicted molar refractivity (Wildman–Crippen MR) is 102 cm³/mol. The summed E-state index contributed by atoms with van der Waals surface area (Å²) in [5, 5.41) is 5.24. The van der Waals surface area contributed by atoms with Crippen LogP contribution >= 0.6 is 11.3 Å². The molecular formula is C18H31N3O3S. The highest BCUT2D eigenvalue weighted by molar-refractivity contribution is 7.13. The fourth-order valence-electron chi connectivity index (χ4n) is 2.62. The smallest absolute Gasteiger partial charge is 0.245 e. The van der Waals surface area contributed by atoms with Gasteiger partial charge in [-0.3, -0.25) is 9.59 Å². The molecule has 0 fully saturated rings. The van der Waals surface area contributed by atoms with Crippen molar-refractivity contribution in [2.45, 2.75) is 52.9 Å². The molecule has 0 saturated carbocycles. The van der Waals surface area contributed by atoms with Crippen molar-refractivity contribution in [3.05, 3.63) is 11.1 Å². The summed E-state index contributed by atoms with van der Waals surface area (Å²) in [6.07, 6.45) is 4.49. The van der Waals surface area contributed by atoms with Crippen LogP contribution in [0.25, 0.3) is 0 Å². The number of ether oxygens (including phenoxy) is 1. The molecule has 0 saturated heterocycles. The fraction of sp³-hybridized carbons (Fsp3) is 0.722. The van der Waals surface area contributed by atoms with Gasteiger partial charge in [-0.1, -0.05) is 26.7 Å². The lowest BCUT2D eigenvalue weighted by molar-refractivity contribution is -0.139. The first kappa shape index (κ1) is 21.6. The monoisotopic (exact) mass is 369 g/mol. The van der Waals surface area contributed by atoms with Crippen molar-refractivity contribution < 1.29 is 14.3 Å². The Labute approximate surface area is 155 Å². The number of anilines is 1. The fourth-order valence-corrected chi connectivity index (χ4v) is 3.33. The standard InChI is InChI=1S/C18H31N3O3S/c1-5-7-9-15(6-2)17(23)21(10-8-11-24-4)12-16(22)20-18-19-14(3)13-25-18/h13,15H,5-12H2,1-4H3,(H,19,20,22)/t15-/m1/s1. The van der Waals surface area contributed by atoms with Crippen LogP contribution in [0.2, 0.25) is 0 Å². The summed E-state index contributed by atoms with van der Waals surface area (Å²) in [5.41, 5.74) is 0.874. The van der Waals surface area contributed by atoms with Gasteiger partial charge < -0.3 is 15.0 Å². The van der Waals surface area contributed by atoms with Crippen LogP contribution in [0.15, 0.2) is 5.38 Å². The van der Waals surface area contributed by atoms with Gasteiger partial charge in [-0.2, -0.15) is 0 Å². The SMILES string of the molecule is CCCC[C@@H](CC)C(=O)N(CCCOC)CC(=O)Nc1nc(C)cs1. The number of carbonyl (C=O) groups excluding carboxylic acids is 2. The van der Waals surface area contributed by atoms with E-state index in [0.717, 1.165) is 37.8 Å². The summed E-state index contributed by atoms with van der Waals surface area (Å²) >= 11 is 1.39. The molecule has 7 heteroatoms. The van der Waals surface area contributed by atoms with E-state index in [9.17, 15) is 9.59 Å². The first-order valence-electron chi connectivity index (χ1n) is 9.01. The predicted octanol–water partition coefficient (Wildman–Crippen LogP) is 3.47. The Morgan fingerprint density at radius 3 is 2.68 bits per heavy atom. The third-order valence-corrected chi connectivity index (χ3v) is 4.91. The highest BCUT2D eigenvalue weighted by Crippen LogP contribution is 2.17. The normalized spacial score (nSPS) is 12.0. The Morgan fingerprint density at radius 2 is 2.12 bits per heavy atom. The van der Waals surface area contributed by atoms with Crippen LogP contribution in [-0.2, 0) is 14.3 Å². The molecule has 1 N–H and O–H groups in total. The first-order valence-corrected chi connectivity index (χ1v) is 9.89. The molecule has 142 valence electrons. The van der Waals surface area contributed by atoms with E-state index in [0.29, 0.717) is 18.3 Å². The van der Waals surface area contributed by atoms with E-state index in [1.54, 1.807) is 12.0 Å². The van der Waals surface area contributed by atoms with E-state index in [1.807, 2.05) is 19.2 Å². The molecule has 0 aromatic carbocycles. The average molecular weight is 370 g/mol. The van der Waals surface area contributed by atoms with Gasteiger partial charge in [-0.25, -0.2) is 4.98 Å². The zero-order chi connectivity index (χ0) is 18.7. The van der Waals surface area contributed by atoms with E-state index in [2.05, 4.69) is 17.2 Å². The van der Waals surface area contributed by atoms with E-state index >= 15 is 0 Å². The van der Waals surface area contributed by atoms with Crippen LogP contribution in [0.5, 0.6) is 0 Å². The number of hydrogen-bond acceptors (Lipinski definition) is 5. The molecule has 1 aromatic heterocycles. The summed E-state index contributed by atoms with van der Waals surface area (Å²) in [4.78, 5) is 31.1. The maximum absolute atomic E-state index is 12.9. The van der Waals surface area contributed by atoms with Gasteiger partial charge in [-0.15, -0.1) is 11.3 Å². The Balaban J connectivity index is 2.69. The van der Waals surface area contributed by atoms with Crippen molar-refractivity contribution in [1.29, 1.82) is 0 Å². The molecule has 2 amide bonds. The van der Waals surface area contributed by atoms with E-state index < -0.39 is 0 Å². The van der Waals surface area contributed by atoms with Gasteiger partial charge in [0.05, 0.1) is 12.2 Å². The summed E-state index contributed by atoms with van der Waals surface area (Å²) in [7, 11) is 1.64. The number of aromatic nitrogens is 1. The quantitative estimate of drug-likeness (QED) is 0.573. The van der Waals surface area contributed by atoms with Crippen LogP contribution in [0.1, 0.15) is 51.6 Å². The molecular weight excluding hydrogens is 338 g/mol. The number of nitrogens with one attached hydrogen (secondary N) is 1. The third kappa shape index (κ3) is 7.96. The summed E-state index contributed by atoms with van der Waals surface area (Å²) in [6.45, 7) is 7.19. The van der Waals surface area contributed by atoms with Crippen molar-refractivity contribution in [2.75, 3.05) is 32.1 Å². The van der Waals surface area contributed by atoms with E-state index in [4.69, 9.17) is 4.74 Å². The summed E-state index contributed by atoms with van der Waals surface area (Å²) in [6, 6.07) is 0. The lowest BCUT2D eigenvalue weighted by atomic mass is 9.97. The highest BCUT2D eigenvalue weighted by atomic mass is 32.1. The van der Waals surface area contributed by atoms with Crippen LogP contribution in [0, 0.1) is 12.8 Å². The van der Waals surface area contributed by atoms with E-state index in [1.165, 1.54) is 11.3 Å². The van der Waals surface area contributed by atoms with Crippen LogP contribution in [-0.4, -0.2) is 48.5 Å². The van der Waals surface area contributed by atoms with Crippen molar-refractivity contribution in [3.63, 3.8) is 0 Å². The second-order valence-electron chi connectivity index (χ2n) is 6.20. The van der Waals surface area contributed by atoms with Crippen molar-refractivity contribution >= 4 is 28.3 Å². The van der Waals surface area contributed by atoms with Gasteiger partial charge in [0, 0.05) is 31.6 Å². The lowest BCUT2D eigenvalue weighted by Crippen LogP contribution is -2.42. The number of rotatable bonds is 12. The van der Waals surface area contributed by atoms with Gasteiger partial charge in [-0.05, 0) is 26.2 Å². The number of amides is 2. The molecule has 0 bridgehead atoms. The maximum atomic E-state index is 12.9. The summed E-state index contributed by atoms with van der Waals surface area (Å²) < 4.78 is 5.08. The zero-order valence-electron chi connectivity index (χ0n) is 15.8. The molecule has 0 spiro atoms. The number of aryl methyl sites for hydroxylation is 1. The minimum absolute atomic E-state index is 0.0163. The number of methoxy groups -OCH3 is 1. The van der Waals surface area contributed by atoms with Crippen molar-refractivity contribution in [2.24, 2.45) is 5.92 Å². The molecule has 25 heavy (non-hydrogen) atoms. The molecule has 0 aliphatic rings. The summed E-state index contributed by atoms with van der Waals surface area (Å²) in [5.74, 6) is -0.152. The number of hydrogen-bond donors (Lipinski definition) is 1. The molecule has 6 nitrogen and oxygen atoms in total. The Kier molecular flexibility index (Phi) is 10.3. The molecule has 0 unspecified atom stereocenters. The van der Waals surface area contributed by atoms with Crippen LogP contribution in [0.3, 0.4) is 0 Å². The van der Waals surface area contributed by atoms with Crippen LogP contribution < -0.4 is 5.32 Å². The minimum Gasteiger partial charge on any atom is -0.385 e. The molecule has 0 aliphatic heterocycles. The van der Waals surface area contributed by atoms with Crippen LogP contribution in [0.4, 0.5) is 5.13 Å². The number of thiazole rings is 1. The van der Waals surface area contributed by atoms with Gasteiger partial charge in [0.2, 0.25) is 11.8 Å². The molecule has 0 aliphatic carbocycles. The largest absolute Gasteiger partial charge is 0.385 e. The first-order chi connectivity index (χ1) is 12.0. The molecule has 1 heterocycles. The molecule has 0 radical (unpaired) electrons. The number of unbranched alkanes of at least 4 members (excludes halogenated alkanes) is 1. The third-order valence-electron chi connectivity index (χ3n) is 4.04. The Hall–Kier alpha value is -1.47. The maximum Gasteiger partial charge on any atom is 0.245 e. The lowest BCUT2D eigenvalue weighted by Gasteiger charge is -2.26.